The van der Waals surface area contributed by atoms with E-state index in [0.29, 0.717) is 0 Å². The van der Waals surface area contributed by atoms with E-state index in [1.165, 1.54) is 5.57 Å². The molecule has 0 unspecified atom stereocenters. The summed E-state index contributed by atoms with van der Waals surface area (Å²) in [6, 6.07) is 17.8. The molecular weight excluding hydrogens is 234 g/mol. The van der Waals surface area contributed by atoms with Gasteiger partial charge in [-0.15, -0.1) is 0 Å². The molecule has 0 bridgehead atoms. The fourth-order valence-corrected chi connectivity index (χ4v) is 1.64. The lowest BCUT2D eigenvalue weighted by Gasteiger charge is -2.07. The minimum absolute atomic E-state index is 0.846. The maximum absolute atomic E-state index is 5.74. The summed E-state index contributed by atoms with van der Waals surface area (Å²) in [4.78, 5) is 0. The first kappa shape index (κ1) is 13.2. The average Bonchev–Trinajstić information content (AvgIpc) is 2.42. The van der Waals surface area contributed by atoms with Gasteiger partial charge in [0.1, 0.15) is 11.5 Å². The molecule has 0 saturated heterocycles. The van der Waals surface area contributed by atoms with Crippen LogP contribution in [0, 0.1) is 0 Å². The molecule has 0 radical (unpaired) electrons. The Bertz CT molecular complexity index is 525. The second kappa shape index (κ2) is 6.64. The summed E-state index contributed by atoms with van der Waals surface area (Å²) in [5, 5.41) is 3.34. The van der Waals surface area contributed by atoms with E-state index in [-0.39, 0.29) is 0 Å². The Balaban J connectivity index is 1.93. The van der Waals surface area contributed by atoms with Gasteiger partial charge in [0, 0.05) is 12.2 Å². The standard InChI is InChI=1S/C17H19NO/c1-14(2)12-13-18-15-8-10-17(11-9-15)19-16-6-4-3-5-7-16/h3-12,18H,13H2,1-2H3. The van der Waals surface area contributed by atoms with Crippen molar-refractivity contribution >= 4 is 5.69 Å². The van der Waals surface area contributed by atoms with Gasteiger partial charge in [0.15, 0.2) is 0 Å². The Morgan fingerprint density at radius 3 is 2.21 bits per heavy atom. The molecule has 0 aliphatic carbocycles. The number of ether oxygens (including phenoxy) is 1. The van der Waals surface area contributed by atoms with Crippen LogP contribution in [0.5, 0.6) is 11.5 Å². The summed E-state index contributed by atoms with van der Waals surface area (Å²) in [6.45, 7) is 5.04. The van der Waals surface area contributed by atoms with Gasteiger partial charge < -0.3 is 10.1 Å². The highest BCUT2D eigenvalue weighted by molar-refractivity contribution is 5.47. The van der Waals surface area contributed by atoms with E-state index in [1.807, 2.05) is 54.6 Å². The molecule has 0 heterocycles. The molecule has 0 aliphatic heterocycles. The van der Waals surface area contributed by atoms with Gasteiger partial charge in [-0.25, -0.2) is 0 Å². The zero-order valence-corrected chi connectivity index (χ0v) is 11.4. The quantitative estimate of drug-likeness (QED) is 0.768. The van der Waals surface area contributed by atoms with Crippen LogP contribution in [0.3, 0.4) is 0 Å². The number of nitrogens with one attached hydrogen (secondary N) is 1. The van der Waals surface area contributed by atoms with Crippen LogP contribution in [0.15, 0.2) is 66.2 Å². The van der Waals surface area contributed by atoms with Crippen LogP contribution in [0.4, 0.5) is 5.69 Å². The lowest BCUT2D eigenvalue weighted by Crippen LogP contribution is -1.98. The van der Waals surface area contributed by atoms with Gasteiger partial charge in [-0.05, 0) is 50.2 Å². The first-order chi connectivity index (χ1) is 9.24. The monoisotopic (exact) mass is 253 g/mol. The van der Waals surface area contributed by atoms with Gasteiger partial charge in [0.25, 0.3) is 0 Å². The molecule has 0 amide bonds. The van der Waals surface area contributed by atoms with Gasteiger partial charge in [-0.2, -0.15) is 0 Å². The number of hydrogen-bond donors (Lipinski definition) is 1. The van der Waals surface area contributed by atoms with Crippen molar-refractivity contribution in [2.45, 2.75) is 13.8 Å². The van der Waals surface area contributed by atoms with Crippen molar-refractivity contribution in [2.24, 2.45) is 0 Å². The van der Waals surface area contributed by atoms with Crippen LogP contribution >= 0.6 is 0 Å². The molecule has 98 valence electrons. The molecule has 2 aromatic carbocycles. The largest absolute Gasteiger partial charge is 0.457 e. The third-order valence-corrected chi connectivity index (χ3v) is 2.65. The summed E-state index contributed by atoms with van der Waals surface area (Å²) in [7, 11) is 0. The summed E-state index contributed by atoms with van der Waals surface area (Å²) >= 11 is 0. The number of hydrogen-bond acceptors (Lipinski definition) is 2. The van der Waals surface area contributed by atoms with Crippen LogP contribution in [-0.2, 0) is 0 Å². The molecule has 1 N–H and O–H groups in total. The maximum Gasteiger partial charge on any atom is 0.127 e. The van der Waals surface area contributed by atoms with Crippen LogP contribution in [0.2, 0.25) is 0 Å². The fourth-order valence-electron chi connectivity index (χ4n) is 1.64. The molecule has 2 aromatic rings. The van der Waals surface area contributed by atoms with Crippen LogP contribution < -0.4 is 10.1 Å². The number of rotatable bonds is 5. The summed E-state index contributed by atoms with van der Waals surface area (Å²) in [6.07, 6.45) is 2.16. The highest BCUT2D eigenvalue weighted by atomic mass is 16.5. The van der Waals surface area contributed by atoms with E-state index >= 15 is 0 Å². The lowest BCUT2D eigenvalue weighted by atomic mass is 10.3. The fraction of sp³-hybridized carbons (Fsp3) is 0.176. The summed E-state index contributed by atoms with van der Waals surface area (Å²) < 4.78 is 5.74. The van der Waals surface area contributed by atoms with Crippen LogP contribution in [0.1, 0.15) is 13.8 Å². The van der Waals surface area contributed by atoms with Crippen LogP contribution in [0.25, 0.3) is 0 Å². The lowest BCUT2D eigenvalue weighted by molar-refractivity contribution is 0.483. The second-order valence-electron chi connectivity index (χ2n) is 4.60. The van der Waals surface area contributed by atoms with E-state index in [9.17, 15) is 0 Å². The van der Waals surface area contributed by atoms with E-state index < -0.39 is 0 Å². The number of para-hydroxylation sites is 1. The minimum Gasteiger partial charge on any atom is -0.457 e. The highest BCUT2D eigenvalue weighted by Gasteiger charge is 1.96. The van der Waals surface area contributed by atoms with Gasteiger partial charge in [0.05, 0.1) is 0 Å². The van der Waals surface area contributed by atoms with Crippen molar-refractivity contribution in [1.82, 2.24) is 0 Å². The van der Waals surface area contributed by atoms with Crippen molar-refractivity contribution < 1.29 is 4.74 Å². The molecule has 0 saturated carbocycles. The zero-order valence-electron chi connectivity index (χ0n) is 11.4. The SMILES string of the molecule is CC(C)=CCNc1ccc(Oc2ccccc2)cc1. The van der Waals surface area contributed by atoms with Crippen LogP contribution in [-0.4, -0.2) is 6.54 Å². The van der Waals surface area contributed by atoms with E-state index in [0.717, 1.165) is 23.7 Å². The Kier molecular flexibility index (Phi) is 4.62. The number of allylic oxidation sites excluding steroid dienone is 1. The third-order valence-electron chi connectivity index (χ3n) is 2.65. The molecule has 0 aliphatic rings. The summed E-state index contributed by atoms with van der Waals surface area (Å²) in [5.74, 6) is 1.70. The predicted molar refractivity (Wildman–Crippen MR) is 80.9 cm³/mol. The van der Waals surface area contributed by atoms with E-state index in [2.05, 4.69) is 25.2 Å². The zero-order chi connectivity index (χ0) is 13.5. The maximum atomic E-state index is 5.74. The van der Waals surface area contributed by atoms with E-state index in [1.54, 1.807) is 0 Å². The summed E-state index contributed by atoms with van der Waals surface area (Å²) in [5.41, 5.74) is 2.41. The van der Waals surface area contributed by atoms with E-state index in [4.69, 9.17) is 4.74 Å². The number of benzene rings is 2. The third kappa shape index (κ3) is 4.51. The minimum atomic E-state index is 0.846. The van der Waals surface area contributed by atoms with Crippen molar-refractivity contribution in [2.75, 3.05) is 11.9 Å². The van der Waals surface area contributed by atoms with Gasteiger partial charge >= 0.3 is 0 Å². The average molecular weight is 253 g/mol. The molecule has 0 spiro atoms. The first-order valence-electron chi connectivity index (χ1n) is 6.44. The van der Waals surface area contributed by atoms with Crippen molar-refractivity contribution in [3.05, 3.63) is 66.2 Å². The van der Waals surface area contributed by atoms with Crippen molar-refractivity contribution in [1.29, 1.82) is 0 Å². The molecule has 0 atom stereocenters. The molecular formula is C17H19NO. The van der Waals surface area contributed by atoms with Crippen molar-refractivity contribution in [3.63, 3.8) is 0 Å². The smallest absolute Gasteiger partial charge is 0.127 e. The molecule has 2 rings (SSSR count). The Labute approximate surface area is 114 Å². The predicted octanol–water partition coefficient (Wildman–Crippen LogP) is 4.86. The Morgan fingerprint density at radius 2 is 1.58 bits per heavy atom. The Hall–Kier alpha value is -2.22. The number of anilines is 1. The van der Waals surface area contributed by atoms with Gasteiger partial charge in [-0.1, -0.05) is 29.8 Å². The molecule has 19 heavy (non-hydrogen) atoms. The molecule has 0 fully saturated rings. The molecule has 2 heteroatoms. The first-order valence-corrected chi connectivity index (χ1v) is 6.44. The molecule has 2 nitrogen and oxygen atoms in total. The molecule has 0 aromatic heterocycles. The van der Waals surface area contributed by atoms with Gasteiger partial charge in [-0.3, -0.25) is 0 Å². The second-order valence-corrected chi connectivity index (χ2v) is 4.60. The Morgan fingerprint density at radius 1 is 0.947 bits per heavy atom. The van der Waals surface area contributed by atoms with Crippen molar-refractivity contribution in [3.8, 4) is 11.5 Å². The van der Waals surface area contributed by atoms with Gasteiger partial charge in [0.2, 0.25) is 0 Å². The normalized spacial score (nSPS) is 9.79. The highest BCUT2D eigenvalue weighted by Crippen LogP contribution is 2.22. The topological polar surface area (TPSA) is 21.3 Å².